The van der Waals surface area contributed by atoms with Crippen LogP contribution in [0.5, 0.6) is 0 Å². The minimum absolute atomic E-state index is 0.346. The van der Waals surface area contributed by atoms with Crippen LogP contribution in [0.3, 0.4) is 0 Å². The van der Waals surface area contributed by atoms with Gasteiger partial charge in [0, 0.05) is 41.6 Å². The highest BCUT2D eigenvalue weighted by molar-refractivity contribution is 5.88. The summed E-state index contributed by atoms with van der Waals surface area (Å²) in [6.45, 7) is 6.47. The van der Waals surface area contributed by atoms with E-state index in [4.69, 9.17) is 0 Å². The van der Waals surface area contributed by atoms with E-state index < -0.39 is 5.97 Å². The van der Waals surface area contributed by atoms with E-state index in [2.05, 4.69) is 35.9 Å². The summed E-state index contributed by atoms with van der Waals surface area (Å²) in [5.41, 5.74) is 7.28. The molecule has 2 heterocycles. The van der Waals surface area contributed by atoms with Crippen LogP contribution >= 0.6 is 0 Å². The van der Waals surface area contributed by atoms with Gasteiger partial charge in [0.25, 0.3) is 0 Å². The number of hydrogen-bond donors (Lipinski definition) is 2. The minimum atomic E-state index is -0.857. The summed E-state index contributed by atoms with van der Waals surface area (Å²) in [5.74, 6) is -0.857. The smallest absolute Gasteiger partial charge is 0.335 e. The van der Waals surface area contributed by atoms with Crippen molar-refractivity contribution in [1.29, 1.82) is 0 Å². The monoisotopic (exact) mass is 402 g/mol. The number of aromatic carboxylic acids is 1. The molecule has 2 N–H and O–H groups in total. The first-order valence-electron chi connectivity index (χ1n) is 11.1. The van der Waals surface area contributed by atoms with Gasteiger partial charge in [-0.1, -0.05) is 37.5 Å². The number of rotatable bonds is 4. The van der Waals surface area contributed by atoms with E-state index in [0.717, 1.165) is 13.1 Å². The molecule has 0 amide bonds. The number of H-pyrrole nitrogens is 1. The zero-order chi connectivity index (χ0) is 20.9. The number of carbonyl (C=O) groups is 1. The molecule has 1 saturated heterocycles. The van der Waals surface area contributed by atoms with Gasteiger partial charge < -0.3 is 10.1 Å². The molecule has 0 radical (unpaired) electrons. The quantitative estimate of drug-likeness (QED) is 0.563. The predicted octanol–water partition coefficient (Wildman–Crippen LogP) is 5.99. The number of carboxylic acids is 1. The van der Waals surface area contributed by atoms with Gasteiger partial charge in [-0.25, -0.2) is 4.79 Å². The van der Waals surface area contributed by atoms with Crippen LogP contribution in [0.4, 0.5) is 0 Å². The third-order valence-corrected chi connectivity index (χ3v) is 7.52. The highest BCUT2D eigenvalue weighted by atomic mass is 16.4. The SMILES string of the molecule is Cc1cc(C)c2[nH]ccc2c1CN1CC2(CCCCC2)[C@@H]1c1ccc(C(=O)O)cc1. The predicted molar refractivity (Wildman–Crippen MR) is 120 cm³/mol. The van der Waals surface area contributed by atoms with Crippen LogP contribution in [-0.4, -0.2) is 27.5 Å². The van der Waals surface area contributed by atoms with E-state index in [1.807, 2.05) is 18.3 Å². The van der Waals surface area contributed by atoms with Gasteiger partial charge in [-0.3, -0.25) is 4.90 Å². The fraction of sp³-hybridized carbons (Fsp3) is 0.423. The average molecular weight is 403 g/mol. The molecular weight excluding hydrogens is 372 g/mol. The third kappa shape index (κ3) is 3.05. The third-order valence-electron chi connectivity index (χ3n) is 7.52. The summed E-state index contributed by atoms with van der Waals surface area (Å²) in [5, 5.41) is 10.6. The van der Waals surface area contributed by atoms with Crippen LogP contribution in [0.2, 0.25) is 0 Å². The molecule has 4 heteroatoms. The Hall–Kier alpha value is -2.59. The number of fused-ring (bicyclic) bond motifs is 1. The molecule has 1 aromatic heterocycles. The van der Waals surface area contributed by atoms with Gasteiger partial charge in [-0.15, -0.1) is 0 Å². The topological polar surface area (TPSA) is 56.3 Å². The molecule has 30 heavy (non-hydrogen) atoms. The summed E-state index contributed by atoms with van der Waals surface area (Å²) >= 11 is 0. The highest BCUT2D eigenvalue weighted by Gasteiger charge is 2.52. The standard InChI is InChI=1S/C26H30N2O2/c1-17-14-18(2)23-21(10-13-27-23)22(17)15-28-16-26(11-4-3-5-12-26)24(28)19-6-8-20(9-7-19)25(29)30/h6-10,13-14,24,27H,3-5,11-12,15-16H2,1-2H3,(H,29,30)/t24-/m0/s1. The van der Waals surface area contributed by atoms with Gasteiger partial charge in [0.15, 0.2) is 0 Å². The lowest BCUT2D eigenvalue weighted by atomic mass is 9.60. The van der Waals surface area contributed by atoms with Crippen LogP contribution in [0.25, 0.3) is 10.9 Å². The van der Waals surface area contributed by atoms with Crippen molar-refractivity contribution >= 4 is 16.9 Å². The maximum Gasteiger partial charge on any atom is 0.335 e. The van der Waals surface area contributed by atoms with Crippen LogP contribution in [-0.2, 0) is 6.54 Å². The van der Waals surface area contributed by atoms with E-state index in [1.165, 1.54) is 65.3 Å². The van der Waals surface area contributed by atoms with E-state index in [0.29, 0.717) is 17.0 Å². The minimum Gasteiger partial charge on any atom is -0.478 e. The first-order valence-corrected chi connectivity index (χ1v) is 11.1. The first-order chi connectivity index (χ1) is 14.5. The Kier molecular flexibility index (Phi) is 4.70. The van der Waals surface area contributed by atoms with Gasteiger partial charge in [0.1, 0.15) is 0 Å². The van der Waals surface area contributed by atoms with Crippen LogP contribution < -0.4 is 0 Å². The Labute approximate surface area is 177 Å². The molecule has 0 unspecified atom stereocenters. The number of aromatic nitrogens is 1. The van der Waals surface area contributed by atoms with Gasteiger partial charge in [0.05, 0.1) is 5.56 Å². The van der Waals surface area contributed by atoms with Gasteiger partial charge >= 0.3 is 5.97 Å². The number of benzene rings is 2. The van der Waals surface area contributed by atoms with Crippen molar-refractivity contribution in [2.45, 2.75) is 58.5 Å². The molecule has 0 bridgehead atoms. The zero-order valence-electron chi connectivity index (χ0n) is 17.9. The number of likely N-dealkylation sites (tertiary alicyclic amines) is 1. The van der Waals surface area contributed by atoms with Crippen LogP contribution in [0.15, 0.2) is 42.6 Å². The number of aryl methyl sites for hydroxylation is 2. The molecule has 1 aliphatic heterocycles. The van der Waals surface area contributed by atoms with Crippen LogP contribution in [0, 0.1) is 19.3 Å². The van der Waals surface area contributed by atoms with Crippen molar-refractivity contribution in [2.75, 3.05) is 6.54 Å². The molecule has 1 saturated carbocycles. The van der Waals surface area contributed by atoms with Gasteiger partial charge in [-0.05, 0) is 67.1 Å². The maximum absolute atomic E-state index is 11.3. The second kappa shape index (κ2) is 7.28. The molecule has 5 rings (SSSR count). The largest absolute Gasteiger partial charge is 0.478 e. The highest BCUT2D eigenvalue weighted by Crippen LogP contribution is 2.57. The normalized spacial score (nSPS) is 21.1. The summed E-state index contributed by atoms with van der Waals surface area (Å²) in [6.07, 6.45) is 8.56. The Bertz CT molecular complexity index is 1090. The Morgan fingerprint density at radius 1 is 1.10 bits per heavy atom. The average Bonchev–Trinajstić information content (AvgIpc) is 3.21. The van der Waals surface area contributed by atoms with Crippen molar-refractivity contribution in [2.24, 2.45) is 5.41 Å². The molecule has 3 aromatic rings. The van der Waals surface area contributed by atoms with E-state index in [1.54, 1.807) is 12.1 Å². The van der Waals surface area contributed by atoms with E-state index >= 15 is 0 Å². The second-order valence-corrected chi connectivity index (χ2v) is 9.41. The summed E-state index contributed by atoms with van der Waals surface area (Å²) in [4.78, 5) is 17.3. The number of hydrogen-bond acceptors (Lipinski definition) is 2. The number of carboxylic acid groups (broad SMARTS) is 1. The fourth-order valence-electron chi connectivity index (χ4n) is 6.12. The molecule has 2 fully saturated rings. The Morgan fingerprint density at radius 3 is 2.53 bits per heavy atom. The number of aromatic amines is 1. The summed E-state index contributed by atoms with van der Waals surface area (Å²) in [6, 6.07) is 12.5. The molecule has 1 atom stereocenters. The number of nitrogens with zero attached hydrogens (tertiary/aromatic N) is 1. The molecule has 1 spiro atoms. The zero-order valence-corrected chi connectivity index (χ0v) is 17.9. The second-order valence-electron chi connectivity index (χ2n) is 9.41. The molecule has 2 aliphatic rings. The maximum atomic E-state index is 11.3. The summed E-state index contributed by atoms with van der Waals surface area (Å²) < 4.78 is 0. The van der Waals surface area contributed by atoms with Crippen molar-refractivity contribution in [1.82, 2.24) is 9.88 Å². The Morgan fingerprint density at radius 2 is 1.83 bits per heavy atom. The van der Waals surface area contributed by atoms with Crippen molar-refractivity contribution in [3.8, 4) is 0 Å². The lowest BCUT2D eigenvalue weighted by Gasteiger charge is -2.60. The lowest BCUT2D eigenvalue weighted by Crippen LogP contribution is -2.58. The fourth-order valence-corrected chi connectivity index (χ4v) is 6.12. The Balaban J connectivity index is 1.50. The number of nitrogens with one attached hydrogen (secondary N) is 1. The lowest BCUT2D eigenvalue weighted by molar-refractivity contribution is -0.106. The van der Waals surface area contributed by atoms with Crippen molar-refractivity contribution < 1.29 is 9.90 Å². The molecule has 1 aliphatic carbocycles. The van der Waals surface area contributed by atoms with E-state index in [-0.39, 0.29) is 0 Å². The van der Waals surface area contributed by atoms with Crippen molar-refractivity contribution in [3.63, 3.8) is 0 Å². The molecule has 156 valence electrons. The summed E-state index contributed by atoms with van der Waals surface area (Å²) in [7, 11) is 0. The molecule has 2 aromatic carbocycles. The van der Waals surface area contributed by atoms with Crippen LogP contribution in [0.1, 0.15) is 70.8 Å². The molecular formula is C26H30N2O2. The van der Waals surface area contributed by atoms with Gasteiger partial charge in [-0.2, -0.15) is 0 Å². The van der Waals surface area contributed by atoms with Gasteiger partial charge in [0.2, 0.25) is 0 Å². The molecule has 4 nitrogen and oxygen atoms in total. The van der Waals surface area contributed by atoms with Crippen molar-refractivity contribution in [3.05, 3.63) is 70.4 Å². The first kappa shape index (κ1) is 19.4. The van der Waals surface area contributed by atoms with E-state index in [9.17, 15) is 9.90 Å².